The van der Waals surface area contributed by atoms with Gasteiger partial charge in [0, 0.05) is 24.0 Å². The first-order valence-electron chi connectivity index (χ1n) is 8.65. The molecule has 0 saturated carbocycles. The SMILES string of the molecule is Cc1cc(-n2c(C)cc(C(=O)NCCC3=CCCCC3)c2C)no1. The van der Waals surface area contributed by atoms with Gasteiger partial charge < -0.3 is 9.84 Å². The van der Waals surface area contributed by atoms with Crippen LogP contribution >= 0.6 is 0 Å². The lowest BCUT2D eigenvalue weighted by molar-refractivity contribution is 0.0953. The number of aryl methyl sites for hydroxylation is 2. The van der Waals surface area contributed by atoms with E-state index in [9.17, 15) is 4.79 Å². The minimum atomic E-state index is -0.0222. The Hall–Kier alpha value is -2.30. The first-order chi connectivity index (χ1) is 11.6. The van der Waals surface area contributed by atoms with Crippen LogP contribution in [0, 0.1) is 20.8 Å². The number of amides is 1. The number of aromatic nitrogens is 2. The topological polar surface area (TPSA) is 60.1 Å². The third kappa shape index (κ3) is 3.45. The molecule has 2 aromatic heterocycles. The molecule has 1 aliphatic rings. The molecule has 3 rings (SSSR count). The van der Waals surface area contributed by atoms with E-state index in [-0.39, 0.29) is 5.91 Å². The molecule has 0 radical (unpaired) electrons. The second-order valence-corrected chi connectivity index (χ2v) is 6.53. The molecule has 5 heteroatoms. The Balaban J connectivity index is 1.68. The Labute approximate surface area is 142 Å². The summed E-state index contributed by atoms with van der Waals surface area (Å²) in [5.74, 6) is 1.45. The van der Waals surface area contributed by atoms with Crippen LogP contribution in [0.25, 0.3) is 5.82 Å². The van der Waals surface area contributed by atoms with Crippen molar-refractivity contribution in [1.29, 1.82) is 0 Å². The summed E-state index contributed by atoms with van der Waals surface area (Å²) >= 11 is 0. The lowest BCUT2D eigenvalue weighted by atomic mass is 9.97. The predicted molar refractivity (Wildman–Crippen MR) is 93.5 cm³/mol. The molecule has 1 amide bonds. The summed E-state index contributed by atoms with van der Waals surface area (Å²) in [5.41, 5.74) is 4.03. The Bertz CT molecular complexity index is 768. The van der Waals surface area contributed by atoms with Gasteiger partial charge in [0.05, 0.1) is 5.56 Å². The molecular weight excluding hydrogens is 302 g/mol. The van der Waals surface area contributed by atoms with Crippen molar-refractivity contribution in [2.75, 3.05) is 6.54 Å². The predicted octanol–water partition coefficient (Wildman–Crippen LogP) is 4.01. The molecule has 0 atom stereocenters. The van der Waals surface area contributed by atoms with Crippen LogP contribution < -0.4 is 5.32 Å². The van der Waals surface area contributed by atoms with Crippen LogP contribution in [-0.2, 0) is 0 Å². The van der Waals surface area contributed by atoms with Crippen molar-refractivity contribution in [2.24, 2.45) is 0 Å². The number of nitrogens with one attached hydrogen (secondary N) is 1. The van der Waals surface area contributed by atoms with Crippen molar-refractivity contribution in [2.45, 2.75) is 52.9 Å². The van der Waals surface area contributed by atoms with Crippen molar-refractivity contribution in [3.8, 4) is 5.82 Å². The molecule has 0 fully saturated rings. The van der Waals surface area contributed by atoms with Crippen LogP contribution in [-0.4, -0.2) is 22.2 Å². The zero-order valence-corrected chi connectivity index (χ0v) is 14.7. The third-order valence-electron chi connectivity index (χ3n) is 4.64. The van der Waals surface area contributed by atoms with E-state index >= 15 is 0 Å². The standard InChI is InChI=1S/C19H25N3O2/c1-13-11-17(15(3)22(13)18-12-14(2)24-21-18)19(23)20-10-9-16-7-5-4-6-8-16/h7,11-12H,4-6,8-10H2,1-3H3,(H,20,23). The van der Waals surface area contributed by atoms with E-state index in [1.54, 1.807) is 0 Å². The normalized spacial score (nSPS) is 14.5. The molecule has 0 aliphatic heterocycles. The average Bonchev–Trinajstić information content (AvgIpc) is 3.11. The van der Waals surface area contributed by atoms with Gasteiger partial charge >= 0.3 is 0 Å². The minimum Gasteiger partial charge on any atom is -0.360 e. The summed E-state index contributed by atoms with van der Waals surface area (Å²) in [4.78, 5) is 12.5. The average molecular weight is 327 g/mol. The van der Waals surface area contributed by atoms with E-state index in [1.807, 2.05) is 37.5 Å². The van der Waals surface area contributed by atoms with Crippen molar-refractivity contribution in [1.82, 2.24) is 15.0 Å². The largest absolute Gasteiger partial charge is 0.360 e. The van der Waals surface area contributed by atoms with Crippen LogP contribution in [0.1, 0.15) is 59.6 Å². The fourth-order valence-corrected chi connectivity index (χ4v) is 3.37. The van der Waals surface area contributed by atoms with E-state index in [0.29, 0.717) is 17.9 Å². The zero-order chi connectivity index (χ0) is 17.1. The van der Waals surface area contributed by atoms with Crippen LogP contribution in [0.2, 0.25) is 0 Å². The summed E-state index contributed by atoms with van der Waals surface area (Å²) in [5, 5.41) is 7.10. The van der Waals surface area contributed by atoms with Crippen LogP contribution in [0.15, 0.2) is 28.3 Å². The van der Waals surface area contributed by atoms with Crippen LogP contribution in [0.5, 0.6) is 0 Å². The summed E-state index contributed by atoms with van der Waals surface area (Å²) in [6.07, 6.45) is 8.21. The summed E-state index contributed by atoms with van der Waals surface area (Å²) < 4.78 is 7.11. The third-order valence-corrected chi connectivity index (χ3v) is 4.64. The first-order valence-corrected chi connectivity index (χ1v) is 8.65. The highest BCUT2D eigenvalue weighted by Crippen LogP contribution is 2.21. The van der Waals surface area contributed by atoms with Crippen molar-refractivity contribution in [3.05, 3.63) is 46.5 Å². The van der Waals surface area contributed by atoms with Gasteiger partial charge in [0.1, 0.15) is 5.76 Å². The summed E-state index contributed by atoms with van der Waals surface area (Å²) in [6.45, 7) is 6.46. The highest BCUT2D eigenvalue weighted by atomic mass is 16.5. The molecule has 5 nitrogen and oxygen atoms in total. The molecule has 1 N–H and O–H groups in total. The van der Waals surface area contributed by atoms with Crippen LogP contribution in [0.3, 0.4) is 0 Å². The molecule has 0 unspecified atom stereocenters. The van der Waals surface area contributed by atoms with Crippen molar-refractivity contribution in [3.63, 3.8) is 0 Å². The lowest BCUT2D eigenvalue weighted by Gasteiger charge is -2.13. The van der Waals surface area contributed by atoms with Crippen molar-refractivity contribution < 1.29 is 9.32 Å². The van der Waals surface area contributed by atoms with Gasteiger partial charge in [-0.3, -0.25) is 9.36 Å². The highest BCUT2D eigenvalue weighted by molar-refractivity contribution is 5.95. The van der Waals surface area contributed by atoms with Gasteiger partial charge in [-0.15, -0.1) is 0 Å². The van der Waals surface area contributed by atoms with Gasteiger partial charge in [-0.1, -0.05) is 16.8 Å². The van der Waals surface area contributed by atoms with Gasteiger partial charge in [0.15, 0.2) is 5.82 Å². The Morgan fingerprint density at radius 2 is 2.12 bits per heavy atom. The Morgan fingerprint density at radius 1 is 1.29 bits per heavy atom. The molecule has 2 heterocycles. The Morgan fingerprint density at radius 3 is 2.79 bits per heavy atom. The van der Waals surface area contributed by atoms with E-state index < -0.39 is 0 Å². The molecule has 0 bridgehead atoms. The first kappa shape index (κ1) is 16.6. The van der Waals surface area contributed by atoms with Gasteiger partial charge in [0.2, 0.25) is 0 Å². The smallest absolute Gasteiger partial charge is 0.253 e. The van der Waals surface area contributed by atoms with Gasteiger partial charge in [-0.2, -0.15) is 0 Å². The molecule has 1 aliphatic carbocycles. The maximum Gasteiger partial charge on any atom is 0.253 e. The number of rotatable bonds is 5. The maximum atomic E-state index is 12.5. The molecule has 0 aromatic carbocycles. The molecule has 0 saturated heterocycles. The van der Waals surface area contributed by atoms with Gasteiger partial charge in [0.25, 0.3) is 5.91 Å². The Kier molecular flexibility index (Phi) is 4.88. The molecule has 24 heavy (non-hydrogen) atoms. The number of hydrogen-bond donors (Lipinski definition) is 1. The molecular formula is C19H25N3O2. The quantitative estimate of drug-likeness (QED) is 0.844. The van der Waals surface area contributed by atoms with E-state index in [0.717, 1.165) is 23.6 Å². The van der Waals surface area contributed by atoms with Crippen molar-refractivity contribution >= 4 is 5.91 Å². The monoisotopic (exact) mass is 327 g/mol. The molecule has 0 spiro atoms. The lowest BCUT2D eigenvalue weighted by Crippen LogP contribution is -2.25. The fraction of sp³-hybridized carbons (Fsp3) is 0.474. The van der Waals surface area contributed by atoms with Crippen LogP contribution in [0.4, 0.5) is 0 Å². The number of carbonyl (C=O) groups is 1. The molecule has 128 valence electrons. The van der Waals surface area contributed by atoms with E-state index in [4.69, 9.17) is 4.52 Å². The minimum absolute atomic E-state index is 0.0222. The number of nitrogens with zero attached hydrogens (tertiary/aromatic N) is 2. The molecule has 2 aromatic rings. The summed E-state index contributed by atoms with van der Waals surface area (Å²) in [6, 6.07) is 3.78. The second-order valence-electron chi connectivity index (χ2n) is 6.53. The number of carbonyl (C=O) groups excluding carboxylic acids is 1. The highest BCUT2D eigenvalue weighted by Gasteiger charge is 2.18. The van der Waals surface area contributed by atoms with Gasteiger partial charge in [-0.25, -0.2) is 0 Å². The van der Waals surface area contributed by atoms with E-state index in [2.05, 4.69) is 16.5 Å². The summed E-state index contributed by atoms with van der Waals surface area (Å²) in [7, 11) is 0. The maximum absolute atomic E-state index is 12.5. The second kappa shape index (κ2) is 7.07. The zero-order valence-electron chi connectivity index (χ0n) is 14.7. The van der Waals surface area contributed by atoms with E-state index in [1.165, 1.54) is 31.3 Å². The van der Waals surface area contributed by atoms with Gasteiger partial charge in [-0.05, 0) is 58.9 Å². The fourth-order valence-electron chi connectivity index (χ4n) is 3.37. The number of hydrogen-bond acceptors (Lipinski definition) is 3. The number of allylic oxidation sites excluding steroid dienone is 1.